The third kappa shape index (κ3) is 4.24. The van der Waals surface area contributed by atoms with E-state index in [9.17, 15) is 4.79 Å². The monoisotopic (exact) mass is 437 g/mol. The molecule has 2 heterocycles. The minimum Gasteiger partial charge on any atom is -0.372 e. The fraction of sp³-hybridized carbons (Fsp3) is 0.318. The van der Waals surface area contributed by atoms with Gasteiger partial charge in [-0.2, -0.15) is 5.10 Å². The minimum atomic E-state index is -1.25. The lowest BCUT2D eigenvalue weighted by Gasteiger charge is -2.35. The van der Waals surface area contributed by atoms with Crippen LogP contribution in [0.15, 0.2) is 54.9 Å². The van der Waals surface area contributed by atoms with Gasteiger partial charge in [-0.3, -0.25) is 14.5 Å². The summed E-state index contributed by atoms with van der Waals surface area (Å²) < 4.78 is 2.22. The molecule has 1 unspecified atom stereocenters. The molecule has 0 spiro atoms. The number of carbonyl (C=O) groups is 1. The lowest BCUT2D eigenvalue weighted by Crippen LogP contribution is -2.47. The van der Waals surface area contributed by atoms with Gasteiger partial charge in [-0.15, -0.1) is 0 Å². The summed E-state index contributed by atoms with van der Waals surface area (Å²) in [5, 5.41) is 9.65. The average Bonchev–Trinajstić information content (AvgIpc) is 3.38. The Morgan fingerprint density at radius 2 is 1.93 bits per heavy atom. The Bertz CT molecular complexity index is 1100. The van der Waals surface area contributed by atoms with Crippen LogP contribution >= 0.6 is 12.2 Å². The first-order valence-electron chi connectivity index (χ1n) is 10.2. The first-order chi connectivity index (χ1) is 14.3. The molecule has 30 heavy (non-hydrogen) atoms. The van der Waals surface area contributed by atoms with Gasteiger partial charge in [0.15, 0.2) is 4.77 Å². The summed E-state index contributed by atoms with van der Waals surface area (Å²) in [7, 11) is -1.25. The van der Waals surface area contributed by atoms with E-state index < -0.39 is 8.07 Å². The standard InChI is InChI=1S/C22H27N5OSSi/c1-30(2,3)20-8-5-13-26(20)18-11-9-17(10-12-18)24-21(28)16-6-4-7-19(14-16)27-15-23-25-22(27)29/h4,6-7,9-12,14-15,20H,5,8,13H2,1-3H3,(H,24,28)(H,25,29). The summed E-state index contributed by atoms with van der Waals surface area (Å²) in [6, 6.07) is 15.5. The Hall–Kier alpha value is -2.71. The van der Waals surface area contributed by atoms with Crippen LogP contribution < -0.4 is 10.2 Å². The Labute approximate surface area is 182 Å². The summed E-state index contributed by atoms with van der Waals surface area (Å²) in [5.74, 6) is -0.152. The zero-order valence-electron chi connectivity index (χ0n) is 17.6. The van der Waals surface area contributed by atoms with Crippen molar-refractivity contribution < 1.29 is 4.79 Å². The third-order valence-corrected chi connectivity index (χ3v) is 8.54. The maximum absolute atomic E-state index is 12.8. The second kappa shape index (κ2) is 8.20. The SMILES string of the molecule is C[Si](C)(C)C1CCCN1c1ccc(NC(=O)c2cccc(-n3cn[nH]c3=S)c2)cc1. The maximum Gasteiger partial charge on any atom is 0.255 e. The summed E-state index contributed by atoms with van der Waals surface area (Å²) >= 11 is 5.21. The smallest absolute Gasteiger partial charge is 0.255 e. The van der Waals surface area contributed by atoms with Gasteiger partial charge < -0.3 is 10.2 Å². The van der Waals surface area contributed by atoms with E-state index in [1.807, 2.05) is 24.3 Å². The summed E-state index contributed by atoms with van der Waals surface area (Å²) in [6.45, 7) is 8.43. The molecular weight excluding hydrogens is 410 g/mol. The number of anilines is 2. The average molecular weight is 438 g/mol. The fourth-order valence-electron chi connectivity index (χ4n) is 4.14. The number of H-pyrrole nitrogens is 1. The van der Waals surface area contributed by atoms with Crippen molar-refractivity contribution in [3.8, 4) is 5.69 Å². The first-order valence-corrected chi connectivity index (χ1v) is 14.2. The largest absolute Gasteiger partial charge is 0.372 e. The topological polar surface area (TPSA) is 66.0 Å². The van der Waals surface area contributed by atoms with Crippen molar-refractivity contribution in [2.45, 2.75) is 38.1 Å². The highest BCUT2D eigenvalue weighted by atomic mass is 32.1. The van der Waals surface area contributed by atoms with Gasteiger partial charge in [-0.25, -0.2) is 0 Å². The van der Waals surface area contributed by atoms with Gasteiger partial charge in [0.1, 0.15) is 6.33 Å². The molecule has 1 saturated heterocycles. The van der Waals surface area contributed by atoms with Crippen molar-refractivity contribution in [2.75, 3.05) is 16.8 Å². The highest BCUT2D eigenvalue weighted by Crippen LogP contribution is 2.31. The van der Waals surface area contributed by atoms with Crippen molar-refractivity contribution in [2.24, 2.45) is 0 Å². The van der Waals surface area contributed by atoms with Crippen LogP contribution in [-0.2, 0) is 0 Å². The molecule has 0 saturated carbocycles. The molecule has 2 N–H and O–H groups in total. The Balaban J connectivity index is 1.48. The first kappa shape index (κ1) is 20.6. The number of nitrogens with one attached hydrogen (secondary N) is 2. The van der Waals surface area contributed by atoms with Gasteiger partial charge in [0.05, 0.1) is 13.8 Å². The van der Waals surface area contributed by atoms with Gasteiger partial charge in [-0.1, -0.05) is 25.7 Å². The number of rotatable bonds is 5. The molecule has 3 aromatic rings. The predicted molar refractivity (Wildman–Crippen MR) is 127 cm³/mol. The summed E-state index contributed by atoms with van der Waals surface area (Å²) in [5.41, 5.74) is 4.07. The van der Waals surface area contributed by atoms with E-state index in [-0.39, 0.29) is 5.91 Å². The van der Waals surface area contributed by atoms with Gasteiger partial charge in [0, 0.05) is 29.1 Å². The van der Waals surface area contributed by atoms with E-state index >= 15 is 0 Å². The molecule has 0 bridgehead atoms. The molecule has 2 aromatic carbocycles. The molecule has 6 nitrogen and oxygen atoms in total. The van der Waals surface area contributed by atoms with Crippen LogP contribution in [0.3, 0.4) is 0 Å². The van der Waals surface area contributed by atoms with Gasteiger partial charge >= 0.3 is 0 Å². The molecule has 4 rings (SSSR count). The van der Waals surface area contributed by atoms with E-state index in [0.717, 1.165) is 17.9 Å². The number of hydrogen-bond acceptors (Lipinski definition) is 4. The number of benzene rings is 2. The predicted octanol–water partition coefficient (Wildman–Crippen LogP) is 5.03. The molecule has 156 valence electrons. The second-order valence-corrected chi connectivity index (χ2v) is 14.6. The minimum absolute atomic E-state index is 0.152. The van der Waals surface area contributed by atoms with Crippen molar-refractivity contribution in [1.29, 1.82) is 0 Å². The van der Waals surface area contributed by atoms with Gasteiger partial charge in [0.25, 0.3) is 5.91 Å². The molecule has 1 aliphatic heterocycles. The molecule has 1 atom stereocenters. The lowest BCUT2D eigenvalue weighted by atomic mass is 10.1. The van der Waals surface area contributed by atoms with E-state index in [1.54, 1.807) is 23.0 Å². The van der Waals surface area contributed by atoms with Gasteiger partial charge in [-0.05, 0) is 67.5 Å². The fourth-order valence-corrected chi connectivity index (χ4v) is 6.63. The van der Waals surface area contributed by atoms with E-state index in [4.69, 9.17) is 12.2 Å². The quantitative estimate of drug-likeness (QED) is 0.434. The van der Waals surface area contributed by atoms with Crippen LogP contribution in [0.1, 0.15) is 23.2 Å². The maximum atomic E-state index is 12.8. The molecule has 8 heteroatoms. The van der Waals surface area contributed by atoms with Crippen molar-refractivity contribution >= 4 is 37.6 Å². The van der Waals surface area contributed by atoms with Gasteiger partial charge in [0.2, 0.25) is 0 Å². The van der Waals surface area contributed by atoms with Crippen LogP contribution in [0.5, 0.6) is 0 Å². The molecule has 0 aliphatic carbocycles. The van der Waals surface area contributed by atoms with E-state index in [2.05, 4.69) is 52.2 Å². The summed E-state index contributed by atoms with van der Waals surface area (Å²) in [6.07, 6.45) is 4.14. The van der Waals surface area contributed by atoms with Crippen molar-refractivity contribution in [3.05, 3.63) is 65.2 Å². The number of nitrogens with zero attached hydrogens (tertiary/aromatic N) is 3. The molecule has 1 amide bonds. The highest BCUT2D eigenvalue weighted by molar-refractivity contribution is 7.71. The third-order valence-electron chi connectivity index (χ3n) is 5.65. The number of hydrogen-bond donors (Lipinski definition) is 2. The Kier molecular flexibility index (Phi) is 5.62. The molecule has 1 fully saturated rings. The molecular formula is C22H27N5OSSi. The Morgan fingerprint density at radius 3 is 2.60 bits per heavy atom. The van der Waals surface area contributed by atoms with Crippen molar-refractivity contribution in [1.82, 2.24) is 14.8 Å². The molecule has 1 aromatic heterocycles. The van der Waals surface area contributed by atoms with Crippen LogP contribution in [0.4, 0.5) is 11.4 Å². The van der Waals surface area contributed by atoms with E-state index in [0.29, 0.717) is 16.0 Å². The van der Waals surface area contributed by atoms with E-state index in [1.165, 1.54) is 18.5 Å². The number of aromatic nitrogens is 3. The number of carbonyl (C=O) groups excluding carboxylic acids is 1. The molecule has 0 radical (unpaired) electrons. The van der Waals surface area contributed by atoms with Crippen LogP contribution in [0.25, 0.3) is 5.69 Å². The zero-order valence-corrected chi connectivity index (χ0v) is 19.4. The van der Waals surface area contributed by atoms with Crippen LogP contribution in [0, 0.1) is 4.77 Å². The number of amides is 1. The highest BCUT2D eigenvalue weighted by Gasteiger charge is 2.35. The Morgan fingerprint density at radius 1 is 1.17 bits per heavy atom. The summed E-state index contributed by atoms with van der Waals surface area (Å²) in [4.78, 5) is 15.3. The lowest BCUT2D eigenvalue weighted by molar-refractivity contribution is 0.102. The van der Waals surface area contributed by atoms with Crippen molar-refractivity contribution in [3.63, 3.8) is 0 Å². The second-order valence-electron chi connectivity index (χ2n) is 8.80. The number of aromatic amines is 1. The van der Waals surface area contributed by atoms with Crippen LogP contribution in [0.2, 0.25) is 19.6 Å². The molecule has 1 aliphatic rings. The van der Waals surface area contributed by atoms with Crippen LogP contribution in [-0.4, -0.2) is 41.0 Å². The normalized spacial score (nSPS) is 16.6. The zero-order chi connectivity index (χ0) is 21.3.